The Morgan fingerprint density at radius 2 is 2.00 bits per heavy atom. The van der Waals surface area contributed by atoms with Gasteiger partial charge in [0.25, 0.3) is 10.0 Å². The van der Waals surface area contributed by atoms with Gasteiger partial charge < -0.3 is 14.6 Å². The lowest BCUT2D eigenvalue weighted by Gasteiger charge is -2.33. The van der Waals surface area contributed by atoms with Crippen LogP contribution in [0.4, 0.5) is 0 Å². The van der Waals surface area contributed by atoms with Crippen molar-refractivity contribution in [2.24, 2.45) is 0 Å². The zero-order valence-electron chi connectivity index (χ0n) is 12.0. The van der Waals surface area contributed by atoms with Gasteiger partial charge in [-0.15, -0.1) is 0 Å². The lowest BCUT2D eigenvalue weighted by molar-refractivity contribution is -0.137. The molecule has 8 nitrogen and oxygen atoms in total. The van der Waals surface area contributed by atoms with Gasteiger partial charge in [-0.3, -0.25) is 4.79 Å². The van der Waals surface area contributed by atoms with Crippen molar-refractivity contribution in [2.45, 2.75) is 24.9 Å². The van der Waals surface area contributed by atoms with E-state index in [2.05, 4.69) is 4.98 Å². The van der Waals surface area contributed by atoms with Gasteiger partial charge in [0.15, 0.2) is 5.03 Å². The molecule has 0 saturated carbocycles. The molecule has 1 aromatic heterocycles. The molecule has 2 rings (SSSR count). The largest absolute Gasteiger partial charge is 0.481 e. The normalized spacial score (nSPS) is 18.0. The number of carboxylic acid groups (broad SMARTS) is 1. The summed E-state index contributed by atoms with van der Waals surface area (Å²) in [6.07, 6.45) is 3.12. The molecule has 1 saturated heterocycles. The first-order chi connectivity index (χ1) is 9.93. The molecule has 0 aromatic carbocycles. The number of aliphatic carboxylic acids is 1. The number of carboxylic acids is 1. The summed E-state index contributed by atoms with van der Waals surface area (Å²) in [6.45, 7) is 4.85. The maximum Gasteiger partial charge on any atom is 0.304 e. The molecule has 0 spiro atoms. The van der Waals surface area contributed by atoms with Crippen LogP contribution in [0.15, 0.2) is 17.6 Å². The average molecular weight is 316 g/mol. The second-order valence-electron chi connectivity index (χ2n) is 4.93. The fourth-order valence-corrected chi connectivity index (χ4v) is 3.58. The van der Waals surface area contributed by atoms with Crippen molar-refractivity contribution >= 4 is 16.0 Å². The van der Waals surface area contributed by atoms with Crippen LogP contribution in [0.25, 0.3) is 0 Å². The van der Waals surface area contributed by atoms with Crippen LogP contribution in [0, 0.1) is 0 Å². The second-order valence-corrected chi connectivity index (χ2v) is 6.82. The Labute approximate surface area is 124 Å². The van der Waals surface area contributed by atoms with E-state index in [9.17, 15) is 13.2 Å². The molecule has 0 radical (unpaired) electrons. The Morgan fingerprint density at radius 3 is 2.52 bits per heavy atom. The summed E-state index contributed by atoms with van der Waals surface area (Å²) >= 11 is 0. The van der Waals surface area contributed by atoms with E-state index in [-0.39, 0.29) is 11.4 Å². The summed E-state index contributed by atoms with van der Waals surface area (Å²) in [5.74, 6) is -0.838. The highest BCUT2D eigenvalue weighted by atomic mass is 32.2. The van der Waals surface area contributed by atoms with Gasteiger partial charge in [-0.2, -0.15) is 4.31 Å². The van der Waals surface area contributed by atoms with Crippen molar-refractivity contribution in [3.8, 4) is 0 Å². The number of sulfonamides is 1. The van der Waals surface area contributed by atoms with Crippen LogP contribution >= 0.6 is 0 Å². The Kier molecular flexibility index (Phi) is 4.96. The lowest BCUT2D eigenvalue weighted by atomic mass is 10.3. The van der Waals surface area contributed by atoms with Crippen LogP contribution < -0.4 is 0 Å². The zero-order chi connectivity index (χ0) is 15.5. The van der Waals surface area contributed by atoms with Crippen molar-refractivity contribution in [2.75, 3.05) is 32.7 Å². The molecule has 0 aliphatic carbocycles. The third kappa shape index (κ3) is 3.80. The summed E-state index contributed by atoms with van der Waals surface area (Å²) in [5.41, 5.74) is 0. The Balaban J connectivity index is 1.96. The Bertz CT molecular complexity index is 590. The lowest BCUT2D eigenvalue weighted by Crippen LogP contribution is -2.49. The van der Waals surface area contributed by atoms with Crippen molar-refractivity contribution in [1.29, 1.82) is 0 Å². The molecule has 1 fully saturated rings. The summed E-state index contributed by atoms with van der Waals surface area (Å²) in [7, 11) is -3.55. The average Bonchev–Trinajstić information content (AvgIpc) is 2.95. The number of aromatic nitrogens is 2. The number of imidazole rings is 1. The molecule has 2 heterocycles. The highest BCUT2D eigenvalue weighted by Gasteiger charge is 2.30. The van der Waals surface area contributed by atoms with Gasteiger partial charge >= 0.3 is 5.97 Å². The molecule has 1 aliphatic heterocycles. The van der Waals surface area contributed by atoms with Crippen LogP contribution in [0.3, 0.4) is 0 Å². The molecule has 0 amide bonds. The molecule has 0 unspecified atom stereocenters. The van der Waals surface area contributed by atoms with Crippen LogP contribution in [0.2, 0.25) is 0 Å². The van der Waals surface area contributed by atoms with E-state index in [1.807, 2.05) is 11.8 Å². The van der Waals surface area contributed by atoms with Gasteiger partial charge in [0.2, 0.25) is 0 Å². The standard InChI is InChI=1S/C12H20N4O4S/c1-2-14-9-11(13-10-14)21(19,20)16-7-5-15(6-8-16)4-3-12(17)18/h9-10H,2-8H2,1H3,(H,17,18). The molecule has 9 heteroatoms. The van der Waals surface area contributed by atoms with Crippen LogP contribution in [0.5, 0.6) is 0 Å². The summed E-state index contributed by atoms with van der Waals surface area (Å²) in [6, 6.07) is 0. The number of hydrogen-bond donors (Lipinski definition) is 1. The third-order valence-electron chi connectivity index (χ3n) is 3.55. The van der Waals surface area contributed by atoms with E-state index in [0.29, 0.717) is 39.3 Å². The van der Waals surface area contributed by atoms with Crippen molar-refractivity contribution in [1.82, 2.24) is 18.8 Å². The highest BCUT2D eigenvalue weighted by Crippen LogP contribution is 2.15. The fourth-order valence-electron chi connectivity index (χ4n) is 2.23. The van der Waals surface area contributed by atoms with Crippen molar-refractivity contribution in [3.63, 3.8) is 0 Å². The minimum Gasteiger partial charge on any atom is -0.481 e. The molecule has 118 valence electrons. The van der Waals surface area contributed by atoms with Gasteiger partial charge in [-0.1, -0.05) is 0 Å². The first kappa shape index (κ1) is 15.9. The number of nitrogens with zero attached hydrogens (tertiary/aromatic N) is 4. The molecule has 1 aliphatic rings. The molecule has 0 atom stereocenters. The molecule has 1 aromatic rings. The predicted molar refractivity (Wildman–Crippen MR) is 75.4 cm³/mol. The predicted octanol–water partition coefficient (Wildman–Crippen LogP) is -0.316. The smallest absolute Gasteiger partial charge is 0.304 e. The maximum atomic E-state index is 12.4. The van der Waals surface area contributed by atoms with E-state index in [0.717, 1.165) is 0 Å². The number of rotatable bonds is 6. The molecule has 0 bridgehead atoms. The molecule has 21 heavy (non-hydrogen) atoms. The molecular formula is C12H20N4O4S. The topological polar surface area (TPSA) is 95.7 Å². The number of hydrogen-bond acceptors (Lipinski definition) is 5. The van der Waals surface area contributed by atoms with Gasteiger partial charge in [-0.05, 0) is 6.92 Å². The second kappa shape index (κ2) is 6.54. The van der Waals surface area contributed by atoms with E-state index in [1.54, 1.807) is 4.57 Å². The van der Waals surface area contributed by atoms with Crippen molar-refractivity contribution < 1.29 is 18.3 Å². The number of aryl methyl sites for hydroxylation is 1. The SMILES string of the molecule is CCn1cnc(S(=O)(=O)N2CCN(CCC(=O)O)CC2)c1. The maximum absolute atomic E-state index is 12.4. The van der Waals surface area contributed by atoms with Gasteiger partial charge in [0.1, 0.15) is 0 Å². The number of piperazine rings is 1. The quantitative estimate of drug-likeness (QED) is 0.773. The summed E-state index contributed by atoms with van der Waals surface area (Å²) in [4.78, 5) is 16.5. The van der Waals surface area contributed by atoms with Gasteiger partial charge in [-0.25, -0.2) is 13.4 Å². The van der Waals surface area contributed by atoms with E-state index in [1.165, 1.54) is 16.8 Å². The summed E-state index contributed by atoms with van der Waals surface area (Å²) in [5, 5.41) is 8.73. The third-order valence-corrected chi connectivity index (χ3v) is 5.34. The van der Waals surface area contributed by atoms with Crippen molar-refractivity contribution in [3.05, 3.63) is 12.5 Å². The number of carbonyl (C=O) groups is 1. The summed E-state index contributed by atoms with van der Waals surface area (Å²) < 4.78 is 28.0. The Morgan fingerprint density at radius 1 is 1.33 bits per heavy atom. The van der Waals surface area contributed by atoms with E-state index >= 15 is 0 Å². The monoisotopic (exact) mass is 316 g/mol. The van der Waals surface area contributed by atoms with Crippen LogP contribution in [-0.2, 0) is 21.4 Å². The van der Waals surface area contributed by atoms with Crippen LogP contribution in [-0.4, -0.2) is 71.0 Å². The minimum atomic E-state index is -3.55. The minimum absolute atomic E-state index is 0.0725. The first-order valence-electron chi connectivity index (χ1n) is 6.89. The Hall–Kier alpha value is -1.45. The van der Waals surface area contributed by atoms with E-state index in [4.69, 9.17) is 5.11 Å². The molecule has 1 N–H and O–H groups in total. The van der Waals surface area contributed by atoms with Gasteiger partial charge in [0, 0.05) is 45.5 Å². The van der Waals surface area contributed by atoms with Gasteiger partial charge in [0.05, 0.1) is 12.7 Å². The fraction of sp³-hybridized carbons (Fsp3) is 0.667. The highest BCUT2D eigenvalue weighted by molar-refractivity contribution is 7.89. The zero-order valence-corrected chi connectivity index (χ0v) is 12.8. The molecular weight excluding hydrogens is 296 g/mol. The van der Waals surface area contributed by atoms with Crippen LogP contribution in [0.1, 0.15) is 13.3 Å². The van der Waals surface area contributed by atoms with E-state index < -0.39 is 16.0 Å². The first-order valence-corrected chi connectivity index (χ1v) is 8.33.